The van der Waals surface area contributed by atoms with Gasteiger partial charge in [-0.2, -0.15) is 22.8 Å². The van der Waals surface area contributed by atoms with E-state index >= 15 is 0 Å². The second-order valence-corrected chi connectivity index (χ2v) is 5.20. The largest absolute Gasteiger partial charge is 0.416 e. The van der Waals surface area contributed by atoms with E-state index in [2.05, 4.69) is 15.5 Å². The van der Waals surface area contributed by atoms with Gasteiger partial charge in [-0.05, 0) is 31.5 Å². The highest BCUT2D eigenvalue weighted by Gasteiger charge is 2.30. The predicted octanol–water partition coefficient (Wildman–Crippen LogP) is 3.32. The van der Waals surface area contributed by atoms with Gasteiger partial charge in [-0.1, -0.05) is 12.1 Å². The van der Waals surface area contributed by atoms with E-state index in [1.165, 1.54) is 16.6 Å². The van der Waals surface area contributed by atoms with Gasteiger partial charge >= 0.3 is 6.18 Å². The number of alkyl halides is 3. The average Bonchev–Trinajstić information content (AvgIpc) is 2.81. The van der Waals surface area contributed by atoms with Gasteiger partial charge in [0.1, 0.15) is 5.82 Å². The van der Waals surface area contributed by atoms with Crippen molar-refractivity contribution in [3.8, 4) is 11.1 Å². The Bertz CT molecular complexity index is 865. The number of hydrogen-bond donors (Lipinski definition) is 2. The van der Waals surface area contributed by atoms with Crippen molar-refractivity contribution in [2.24, 2.45) is 5.84 Å². The summed E-state index contributed by atoms with van der Waals surface area (Å²) >= 11 is 0. The summed E-state index contributed by atoms with van der Waals surface area (Å²) in [5, 5.41) is 4.36. The summed E-state index contributed by atoms with van der Waals surface area (Å²) in [6, 6.07) is 6.68. The quantitative estimate of drug-likeness (QED) is 0.561. The highest BCUT2D eigenvalue weighted by Crippen LogP contribution is 2.33. The molecule has 8 heteroatoms. The second-order valence-electron chi connectivity index (χ2n) is 5.20. The Labute approximate surface area is 129 Å². The van der Waals surface area contributed by atoms with Gasteiger partial charge in [0, 0.05) is 17.3 Å². The van der Waals surface area contributed by atoms with Gasteiger partial charge < -0.3 is 5.43 Å². The number of aromatic nitrogens is 3. The zero-order valence-electron chi connectivity index (χ0n) is 12.4. The molecule has 0 saturated carbocycles. The van der Waals surface area contributed by atoms with Gasteiger partial charge in [-0.3, -0.25) is 0 Å². The number of hydrogen-bond acceptors (Lipinski definition) is 4. The highest BCUT2D eigenvalue weighted by molar-refractivity contribution is 5.81. The van der Waals surface area contributed by atoms with E-state index in [0.717, 1.165) is 17.8 Å². The molecular formula is C15H14F3N5. The van der Waals surface area contributed by atoms with E-state index in [4.69, 9.17) is 5.84 Å². The maximum Gasteiger partial charge on any atom is 0.416 e. The molecule has 0 aliphatic rings. The molecule has 0 spiro atoms. The lowest BCUT2D eigenvalue weighted by molar-refractivity contribution is -0.137. The van der Waals surface area contributed by atoms with Gasteiger partial charge in [-0.15, -0.1) is 0 Å². The normalized spacial score (nSPS) is 11.9. The number of aryl methyl sites for hydroxylation is 2. The van der Waals surface area contributed by atoms with Gasteiger partial charge in [0.2, 0.25) is 0 Å². The molecule has 0 saturated heterocycles. The number of rotatable bonds is 2. The van der Waals surface area contributed by atoms with Crippen LogP contribution in [-0.4, -0.2) is 14.6 Å². The van der Waals surface area contributed by atoms with E-state index in [-0.39, 0.29) is 0 Å². The summed E-state index contributed by atoms with van der Waals surface area (Å²) < 4.78 is 39.6. The van der Waals surface area contributed by atoms with Crippen molar-refractivity contribution >= 4 is 11.5 Å². The van der Waals surface area contributed by atoms with Crippen molar-refractivity contribution in [3.05, 3.63) is 47.3 Å². The van der Waals surface area contributed by atoms with E-state index in [9.17, 15) is 13.2 Å². The van der Waals surface area contributed by atoms with E-state index in [0.29, 0.717) is 28.3 Å². The van der Waals surface area contributed by atoms with Crippen molar-refractivity contribution in [1.82, 2.24) is 14.6 Å². The molecule has 0 unspecified atom stereocenters. The molecule has 0 atom stereocenters. The van der Waals surface area contributed by atoms with Gasteiger partial charge in [0.05, 0.1) is 11.3 Å². The molecule has 3 aromatic rings. The fourth-order valence-corrected chi connectivity index (χ4v) is 2.51. The molecule has 23 heavy (non-hydrogen) atoms. The number of anilines is 1. The average molecular weight is 321 g/mol. The number of nitrogens with zero attached hydrogens (tertiary/aromatic N) is 3. The highest BCUT2D eigenvalue weighted by atomic mass is 19.4. The summed E-state index contributed by atoms with van der Waals surface area (Å²) in [5.41, 5.74) is 5.06. The van der Waals surface area contributed by atoms with Crippen LogP contribution in [-0.2, 0) is 6.18 Å². The van der Waals surface area contributed by atoms with Crippen LogP contribution in [0, 0.1) is 13.8 Å². The van der Waals surface area contributed by atoms with Crippen LogP contribution in [0.5, 0.6) is 0 Å². The smallest absolute Gasteiger partial charge is 0.308 e. The van der Waals surface area contributed by atoms with Gasteiger partial charge in [0.25, 0.3) is 0 Å². The Morgan fingerprint density at radius 1 is 1.13 bits per heavy atom. The summed E-state index contributed by atoms with van der Waals surface area (Å²) in [5.74, 6) is 6.04. The van der Waals surface area contributed by atoms with Crippen molar-refractivity contribution in [1.29, 1.82) is 0 Å². The SMILES string of the molecule is Cc1cc(NN)n2nc(C)c(-c3ccc(C(F)(F)F)cc3)c2n1. The standard InChI is InChI=1S/C15H14F3N5/c1-8-7-12(21-19)23-14(20-8)13(9(2)22-23)10-3-5-11(6-4-10)15(16,17)18/h3-7,21H,19H2,1-2H3. The first kappa shape index (κ1) is 15.3. The van der Waals surface area contributed by atoms with Crippen LogP contribution in [0.25, 0.3) is 16.8 Å². The molecule has 0 aliphatic heterocycles. The molecule has 1 aromatic carbocycles. The molecule has 5 nitrogen and oxygen atoms in total. The number of benzene rings is 1. The molecule has 120 valence electrons. The zero-order valence-corrected chi connectivity index (χ0v) is 12.4. The third-order valence-corrected chi connectivity index (χ3v) is 3.54. The summed E-state index contributed by atoms with van der Waals surface area (Å²) in [7, 11) is 0. The van der Waals surface area contributed by atoms with Crippen molar-refractivity contribution in [2.45, 2.75) is 20.0 Å². The molecule has 0 amide bonds. The molecule has 0 fully saturated rings. The molecule has 2 heterocycles. The van der Waals surface area contributed by atoms with Gasteiger partial charge in [-0.25, -0.2) is 10.8 Å². The molecule has 3 N–H and O–H groups in total. The molecule has 0 aliphatic carbocycles. The lowest BCUT2D eigenvalue weighted by atomic mass is 10.0. The summed E-state index contributed by atoms with van der Waals surface area (Å²) in [6.45, 7) is 3.58. The maximum absolute atomic E-state index is 12.7. The first-order chi connectivity index (χ1) is 10.8. The third-order valence-electron chi connectivity index (χ3n) is 3.54. The Hall–Kier alpha value is -2.61. The lowest BCUT2D eigenvalue weighted by Gasteiger charge is -2.08. The van der Waals surface area contributed by atoms with E-state index in [1.807, 2.05) is 0 Å². The number of hydrazine groups is 1. The van der Waals surface area contributed by atoms with Crippen LogP contribution in [0.4, 0.5) is 19.0 Å². The number of halogens is 3. The fourth-order valence-electron chi connectivity index (χ4n) is 2.51. The minimum absolute atomic E-state index is 0.537. The van der Waals surface area contributed by atoms with E-state index in [1.54, 1.807) is 19.9 Å². The Morgan fingerprint density at radius 2 is 1.78 bits per heavy atom. The molecule has 3 rings (SSSR count). The predicted molar refractivity (Wildman–Crippen MR) is 80.7 cm³/mol. The number of nitrogen functional groups attached to an aromatic ring is 1. The fraction of sp³-hybridized carbons (Fsp3) is 0.200. The first-order valence-electron chi connectivity index (χ1n) is 6.82. The van der Waals surface area contributed by atoms with Crippen LogP contribution in [0.15, 0.2) is 30.3 Å². The third kappa shape index (κ3) is 2.61. The van der Waals surface area contributed by atoms with Gasteiger partial charge in [0.15, 0.2) is 5.65 Å². The summed E-state index contributed by atoms with van der Waals surface area (Å²) in [6.07, 6.45) is -4.36. The topological polar surface area (TPSA) is 68.2 Å². The van der Waals surface area contributed by atoms with Crippen LogP contribution < -0.4 is 11.3 Å². The molecule has 2 aromatic heterocycles. The molecular weight excluding hydrogens is 307 g/mol. The minimum atomic E-state index is -4.36. The summed E-state index contributed by atoms with van der Waals surface area (Å²) in [4.78, 5) is 4.44. The lowest BCUT2D eigenvalue weighted by Crippen LogP contribution is -2.12. The molecule has 0 bridgehead atoms. The van der Waals surface area contributed by atoms with Crippen LogP contribution in [0.1, 0.15) is 17.0 Å². The Balaban J connectivity index is 2.20. The van der Waals surface area contributed by atoms with E-state index < -0.39 is 11.7 Å². The Kier molecular flexibility index (Phi) is 3.48. The van der Waals surface area contributed by atoms with Crippen LogP contribution >= 0.6 is 0 Å². The maximum atomic E-state index is 12.7. The van der Waals surface area contributed by atoms with Crippen LogP contribution in [0.2, 0.25) is 0 Å². The number of nitrogens with one attached hydrogen (secondary N) is 1. The second kappa shape index (κ2) is 5.24. The Morgan fingerprint density at radius 3 is 2.35 bits per heavy atom. The minimum Gasteiger partial charge on any atom is -0.308 e. The van der Waals surface area contributed by atoms with Crippen molar-refractivity contribution in [2.75, 3.05) is 5.43 Å². The number of fused-ring (bicyclic) bond motifs is 1. The monoisotopic (exact) mass is 321 g/mol. The number of nitrogens with two attached hydrogens (primary N) is 1. The molecule has 0 radical (unpaired) electrons. The van der Waals surface area contributed by atoms with Crippen molar-refractivity contribution in [3.63, 3.8) is 0 Å². The zero-order chi connectivity index (χ0) is 16.8. The van der Waals surface area contributed by atoms with Crippen LogP contribution in [0.3, 0.4) is 0 Å². The first-order valence-corrected chi connectivity index (χ1v) is 6.82. The van der Waals surface area contributed by atoms with Crippen molar-refractivity contribution < 1.29 is 13.2 Å².